The van der Waals surface area contributed by atoms with Gasteiger partial charge in [0.05, 0.1) is 18.1 Å². The number of aryl methyl sites for hydroxylation is 1. The summed E-state index contributed by atoms with van der Waals surface area (Å²) in [6.07, 6.45) is 2.59. The van der Waals surface area contributed by atoms with E-state index in [-0.39, 0.29) is 24.7 Å². The third-order valence-electron chi connectivity index (χ3n) is 4.61. The molecular weight excluding hydrogens is 378 g/mol. The fourth-order valence-corrected chi connectivity index (χ4v) is 3.34. The normalized spacial score (nSPS) is 12.0. The van der Waals surface area contributed by atoms with Crippen molar-refractivity contribution in [2.45, 2.75) is 31.7 Å². The Hall–Kier alpha value is -2.86. The molecule has 146 valence electrons. The SMILES string of the molecule is O=C(O)CC(CC(=O)NCCCn1ncc2ccccc21)c1ccc(Cl)cc1. The first-order valence-corrected chi connectivity index (χ1v) is 9.55. The number of rotatable bonds is 9. The number of carbonyl (C=O) groups excluding carboxylic acids is 1. The van der Waals surface area contributed by atoms with Gasteiger partial charge in [-0.1, -0.05) is 41.9 Å². The summed E-state index contributed by atoms with van der Waals surface area (Å²) in [6.45, 7) is 1.21. The van der Waals surface area contributed by atoms with Crippen LogP contribution in [0.1, 0.15) is 30.7 Å². The van der Waals surface area contributed by atoms with Gasteiger partial charge in [-0.25, -0.2) is 0 Å². The average Bonchev–Trinajstić information content (AvgIpc) is 3.08. The third-order valence-corrected chi connectivity index (χ3v) is 4.87. The fraction of sp³-hybridized carbons (Fsp3) is 0.286. The van der Waals surface area contributed by atoms with Crippen molar-refractivity contribution < 1.29 is 14.7 Å². The molecule has 0 bridgehead atoms. The van der Waals surface area contributed by atoms with Crippen LogP contribution in [0.5, 0.6) is 0 Å². The highest BCUT2D eigenvalue weighted by Crippen LogP contribution is 2.25. The molecule has 6 nitrogen and oxygen atoms in total. The van der Waals surface area contributed by atoms with Crippen LogP contribution in [0.3, 0.4) is 0 Å². The zero-order chi connectivity index (χ0) is 19.9. The third kappa shape index (κ3) is 5.33. The molecule has 0 saturated heterocycles. The van der Waals surface area contributed by atoms with Crippen molar-refractivity contribution in [3.05, 3.63) is 65.3 Å². The molecule has 0 aliphatic rings. The van der Waals surface area contributed by atoms with Gasteiger partial charge in [0.1, 0.15) is 0 Å². The molecule has 2 aromatic carbocycles. The number of carboxylic acids is 1. The van der Waals surface area contributed by atoms with Crippen molar-refractivity contribution >= 4 is 34.4 Å². The highest BCUT2D eigenvalue weighted by Gasteiger charge is 2.19. The van der Waals surface area contributed by atoms with Crippen LogP contribution < -0.4 is 5.32 Å². The molecule has 1 heterocycles. The Morgan fingerprint density at radius 3 is 2.61 bits per heavy atom. The predicted octanol–water partition coefficient (Wildman–Crippen LogP) is 3.84. The molecule has 28 heavy (non-hydrogen) atoms. The molecule has 0 aliphatic carbocycles. The Kier molecular flexibility index (Phi) is 6.66. The second-order valence-corrected chi connectivity index (χ2v) is 7.12. The minimum Gasteiger partial charge on any atom is -0.481 e. The first-order chi connectivity index (χ1) is 13.5. The number of fused-ring (bicyclic) bond motifs is 1. The zero-order valence-electron chi connectivity index (χ0n) is 15.3. The summed E-state index contributed by atoms with van der Waals surface area (Å²) in [7, 11) is 0. The number of amides is 1. The molecule has 1 amide bonds. The van der Waals surface area contributed by atoms with Crippen LogP contribution in [0.25, 0.3) is 10.9 Å². The van der Waals surface area contributed by atoms with Gasteiger partial charge in [0.15, 0.2) is 0 Å². The van der Waals surface area contributed by atoms with Crippen LogP contribution in [0, 0.1) is 0 Å². The summed E-state index contributed by atoms with van der Waals surface area (Å²) in [4.78, 5) is 23.5. The Morgan fingerprint density at radius 2 is 1.86 bits per heavy atom. The summed E-state index contributed by atoms with van der Waals surface area (Å²) in [5, 5.41) is 18.1. The number of aromatic nitrogens is 2. The summed E-state index contributed by atoms with van der Waals surface area (Å²) >= 11 is 5.89. The van der Waals surface area contributed by atoms with E-state index in [4.69, 9.17) is 16.7 Å². The summed E-state index contributed by atoms with van der Waals surface area (Å²) < 4.78 is 1.92. The summed E-state index contributed by atoms with van der Waals surface area (Å²) in [5.41, 5.74) is 1.86. The van der Waals surface area contributed by atoms with Crippen molar-refractivity contribution in [1.82, 2.24) is 15.1 Å². The van der Waals surface area contributed by atoms with Crippen molar-refractivity contribution in [2.75, 3.05) is 6.54 Å². The van der Waals surface area contributed by atoms with Gasteiger partial charge in [-0.3, -0.25) is 14.3 Å². The molecule has 0 radical (unpaired) electrons. The zero-order valence-corrected chi connectivity index (χ0v) is 16.1. The Labute approximate surface area is 168 Å². The topological polar surface area (TPSA) is 84.2 Å². The first-order valence-electron chi connectivity index (χ1n) is 9.17. The Balaban J connectivity index is 1.50. The number of carbonyl (C=O) groups is 2. The molecule has 1 aromatic heterocycles. The van der Waals surface area contributed by atoms with E-state index in [0.717, 1.165) is 22.9 Å². The molecule has 2 N–H and O–H groups in total. The molecule has 1 atom stereocenters. The number of hydrogen-bond acceptors (Lipinski definition) is 3. The minimum absolute atomic E-state index is 0.103. The molecule has 3 rings (SSSR count). The van der Waals surface area contributed by atoms with Crippen molar-refractivity contribution in [1.29, 1.82) is 0 Å². The Morgan fingerprint density at radius 1 is 1.11 bits per heavy atom. The van der Waals surface area contributed by atoms with Crippen molar-refractivity contribution in [3.63, 3.8) is 0 Å². The van der Waals surface area contributed by atoms with E-state index >= 15 is 0 Å². The molecule has 0 aliphatic heterocycles. The number of halogens is 1. The molecule has 1 unspecified atom stereocenters. The largest absolute Gasteiger partial charge is 0.481 e. The van der Waals surface area contributed by atoms with Gasteiger partial charge >= 0.3 is 5.97 Å². The maximum atomic E-state index is 12.3. The smallest absolute Gasteiger partial charge is 0.303 e. The summed E-state index contributed by atoms with van der Waals surface area (Å²) in [6, 6.07) is 14.9. The first kappa shape index (κ1) is 19.9. The fourth-order valence-electron chi connectivity index (χ4n) is 3.21. The number of aliphatic carboxylic acids is 1. The van der Waals surface area contributed by atoms with Gasteiger partial charge in [-0.2, -0.15) is 5.10 Å². The second-order valence-electron chi connectivity index (χ2n) is 6.68. The number of para-hydroxylation sites is 1. The number of benzene rings is 2. The van der Waals surface area contributed by atoms with E-state index < -0.39 is 5.97 Å². The highest BCUT2D eigenvalue weighted by molar-refractivity contribution is 6.30. The predicted molar refractivity (Wildman–Crippen MR) is 108 cm³/mol. The molecule has 0 saturated carbocycles. The van der Waals surface area contributed by atoms with Gasteiger partial charge in [-0.15, -0.1) is 0 Å². The standard InChI is InChI=1S/C21H22ClN3O3/c22-18-8-6-15(7-9-18)17(13-21(27)28)12-20(26)23-10-3-11-25-19-5-2-1-4-16(19)14-24-25/h1-2,4-9,14,17H,3,10-13H2,(H,23,26)(H,27,28). The van der Waals surface area contributed by atoms with Crippen molar-refractivity contribution in [3.8, 4) is 0 Å². The molecular formula is C21H22ClN3O3. The van der Waals surface area contributed by atoms with Gasteiger partial charge in [0.25, 0.3) is 0 Å². The lowest BCUT2D eigenvalue weighted by molar-refractivity contribution is -0.137. The van der Waals surface area contributed by atoms with Crippen LogP contribution in [-0.2, 0) is 16.1 Å². The van der Waals surface area contributed by atoms with Crippen LogP contribution in [0.4, 0.5) is 0 Å². The van der Waals surface area contributed by atoms with Crippen LogP contribution in [0.15, 0.2) is 54.7 Å². The molecule has 3 aromatic rings. The lowest BCUT2D eigenvalue weighted by Gasteiger charge is -2.15. The maximum absolute atomic E-state index is 12.3. The van der Waals surface area contributed by atoms with E-state index in [9.17, 15) is 9.59 Å². The van der Waals surface area contributed by atoms with E-state index in [1.807, 2.05) is 35.1 Å². The van der Waals surface area contributed by atoms with Gasteiger partial charge in [-0.05, 0) is 30.2 Å². The van der Waals surface area contributed by atoms with E-state index in [0.29, 0.717) is 18.1 Å². The number of nitrogens with zero attached hydrogens (tertiary/aromatic N) is 2. The van der Waals surface area contributed by atoms with Crippen LogP contribution in [0.2, 0.25) is 5.02 Å². The Bertz CT molecular complexity index is 953. The quantitative estimate of drug-likeness (QED) is 0.535. The summed E-state index contributed by atoms with van der Waals surface area (Å²) in [5.74, 6) is -1.48. The van der Waals surface area contributed by atoms with Gasteiger partial charge in [0.2, 0.25) is 5.91 Å². The van der Waals surface area contributed by atoms with Gasteiger partial charge in [0, 0.05) is 35.8 Å². The van der Waals surface area contributed by atoms with Gasteiger partial charge < -0.3 is 10.4 Å². The second kappa shape index (κ2) is 9.37. The lowest BCUT2D eigenvalue weighted by atomic mass is 9.92. The lowest BCUT2D eigenvalue weighted by Crippen LogP contribution is -2.27. The maximum Gasteiger partial charge on any atom is 0.303 e. The number of nitrogens with one attached hydrogen (secondary N) is 1. The monoisotopic (exact) mass is 399 g/mol. The molecule has 7 heteroatoms. The van der Waals surface area contributed by atoms with Crippen LogP contribution >= 0.6 is 11.6 Å². The van der Waals surface area contributed by atoms with E-state index in [1.165, 1.54) is 0 Å². The minimum atomic E-state index is -0.932. The molecule has 0 spiro atoms. The average molecular weight is 400 g/mol. The van der Waals surface area contributed by atoms with E-state index in [2.05, 4.69) is 10.4 Å². The molecule has 0 fully saturated rings. The number of hydrogen-bond donors (Lipinski definition) is 2. The number of carboxylic acid groups (broad SMARTS) is 1. The van der Waals surface area contributed by atoms with E-state index in [1.54, 1.807) is 24.3 Å². The van der Waals surface area contributed by atoms with Crippen molar-refractivity contribution in [2.24, 2.45) is 0 Å². The van der Waals surface area contributed by atoms with Crippen LogP contribution in [-0.4, -0.2) is 33.3 Å². The highest BCUT2D eigenvalue weighted by atomic mass is 35.5.